The van der Waals surface area contributed by atoms with Crippen molar-refractivity contribution in [1.29, 1.82) is 0 Å². The van der Waals surface area contributed by atoms with Crippen LogP contribution in [0, 0.1) is 12.3 Å². The Bertz CT molecular complexity index is 1210. The summed E-state index contributed by atoms with van der Waals surface area (Å²) in [5, 5.41) is 15.0. The maximum Gasteiger partial charge on any atom is 0.407 e. The molecule has 1 fully saturated rings. The fourth-order valence-corrected chi connectivity index (χ4v) is 4.76. The highest BCUT2D eigenvalue weighted by atomic mass is 16.6. The molecule has 2 aromatic heterocycles. The lowest BCUT2D eigenvalue weighted by atomic mass is 10.0. The molecule has 0 aliphatic heterocycles. The predicted molar refractivity (Wildman–Crippen MR) is 165 cm³/mol. The fourth-order valence-electron chi connectivity index (χ4n) is 4.76. The van der Waals surface area contributed by atoms with Crippen LogP contribution in [0.4, 0.5) is 10.6 Å². The van der Waals surface area contributed by atoms with E-state index in [1.807, 2.05) is 45.4 Å². The highest BCUT2D eigenvalue weighted by Crippen LogP contribution is 2.37. The minimum Gasteiger partial charge on any atom is -0.446 e. The van der Waals surface area contributed by atoms with Crippen LogP contribution in [-0.4, -0.2) is 96.6 Å². The minimum atomic E-state index is -0.394. The lowest BCUT2D eigenvalue weighted by molar-refractivity contribution is 0.000192. The van der Waals surface area contributed by atoms with Gasteiger partial charge in [0, 0.05) is 24.2 Å². The number of nitrogens with one attached hydrogen (secondary N) is 2. The summed E-state index contributed by atoms with van der Waals surface area (Å²) in [7, 11) is 0. The van der Waals surface area contributed by atoms with Gasteiger partial charge in [0.1, 0.15) is 24.2 Å². The first kappa shape index (κ1) is 35.0. The van der Waals surface area contributed by atoms with Crippen LogP contribution in [0.25, 0.3) is 0 Å². The Morgan fingerprint density at radius 1 is 1.05 bits per heavy atom. The first-order valence-corrected chi connectivity index (χ1v) is 15.2. The molecule has 244 valence electrons. The highest BCUT2D eigenvalue weighted by Gasteiger charge is 2.32. The second-order valence-electron chi connectivity index (χ2n) is 11.9. The van der Waals surface area contributed by atoms with Crippen LogP contribution >= 0.6 is 0 Å². The monoisotopic (exact) mass is 616 g/mol. The fraction of sp³-hybridized carbons (Fsp3) is 0.677. The summed E-state index contributed by atoms with van der Waals surface area (Å²) >= 11 is 0. The molecule has 0 saturated heterocycles. The van der Waals surface area contributed by atoms with Gasteiger partial charge in [-0.2, -0.15) is 10.2 Å². The van der Waals surface area contributed by atoms with Crippen molar-refractivity contribution in [2.45, 2.75) is 84.0 Å². The third-order valence-electron chi connectivity index (χ3n) is 6.79. The standard InChI is InChI=1S/C31H48N6O7/c1-7-13-40-15-17-42-19-20-43-18-16-41-14-12-36-27(10-11-32-36)29(38)34-28-22-26(35-37(28)31(4,5)6)24-8-9-25(21-24)44-30(39)33-23(2)3/h1,10-11,22-25H,8-9,12-21H2,2-6H3,(H,33,39)(H,34,38)/t24-,25+/m0/s1. The zero-order chi connectivity index (χ0) is 32.0. The van der Waals surface area contributed by atoms with Crippen LogP contribution in [0.1, 0.15) is 76.0 Å². The van der Waals surface area contributed by atoms with E-state index in [4.69, 9.17) is 35.2 Å². The summed E-state index contributed by atoms with van der Waals surface area (Å²) in [6, 6.07) is 3.62. The van der Waals surface area contributed by atoms with E-state index in [1.165, 1.54) is 0 Å². The van der Waals surface area contributed by atoms with E-state index in [9.17, 15) is 9.59 Å². The van der Waals surface area contributed by atoms with Gasteiger partial charge in [0.15, 0.2) is 0 Å². The van der Waals surface area contributed by atoms with Crippen molar-refractivity contribution >= 4 is 17.8 Å². The van der Waals surface area contributed by atoms with E-state index < -0.39 is 6.09 Å². The average molecular weight is 617 g/mol. The van der Waals surface area contributed by atoms with E-state index in [-0.39, 0.29) is 36.1 Å². The number of ether oxygens (including phenoxy) is 5. The third kappa shape index (κ3) is 11.6. The van der Waals surface area contributed by atoms with Crippen molar-refractivity contribution in [2.75, 3.05) is 58.2 Å². The van der Waals surface area contributed by atoms with Gasteiger partial charge >= 0.3 is 6.09 Å². The van der Waals surface area contributed by atoms with Crippen LogP contribution in [-0.2, 0) is 35.8 Å². The molecule has 0 spiro atoms. The van der Waals surface area contributed by atoms with Gasteiger partial charge in [-0.3, -0.25) is 9.48 Å². The summed E-state index contributed by atoms with van der Waals surface area (Å²) in [4.78, 5) is 25.4. The summed E-state index contributed by atoms with van der Waals surface area (Å²) in [6.07, 6.45) is 8.45. The number of aromatic nitrogens is 4. The Hall–Kier alpha value is -3.44. The zero-order valence-electron chi connectivity index (χ0n) is 26.7. The highest BCUT2D eigenvalue weighted by molar-refractivity contribution is 6.02. The van der Waals surface area contributed by atoms with Crippen LogP contribution in [0.2, 0.25) is 0 Å². The molecule has 0 unspecified atom stereocenters. The van der Waals surface area contributed by atoms with Crippen LogP contribution in [0.5, 0.6) is 0 Å². The first-order valence-electron chi connectivity index (χ1n) is 15.2. The number of nitrogens with zero attached hydrogens (tertiary/aromatic N) is 4. The van der Waals surface area contributed by atoms with Gasteiger partial charge in [-0.25, -0.2) is 9.48 Å². The van der Waals surface area contributed by atoms with Crippen molar-refractivity contribution < 1.29 is 33.3 Å². The Morgan fingerprint density at radius 2 is 1.70 bits per heavy atom. The number of anilines is 1. The maximum absolute atomic E-state index is 13.3. The number of amides is 2. The minimum absolute atomic E-state index is 0.0185. The smallest absolute Gasteiger partial charge is 0.407 e. The lowest BCUT2D eigenvalue weighted by Crippen LogP contribution is -2.33. The quantitative estimate of drug-likeness (QED) is 0.190. The van der Waals surface area contributed by atoms with Crippen LogP contribution < -0.4 is 10.6 Å². The third-order valence-corrected chi connectivity index (χ3v) is 6.79. The number of rotatable bonds is 18. The molecule has 1 aliphatic carbocycles. The predicted octanol–water partition coefficient (Wildman–Crippen LogP) is 3.56. The summed E-state index contributed by atoms with van der Waals surface area (Å²) < 4.78 is 30.7. The second kappa shape index (κ2) is 17.8. The van der Waals surface area contributed by atoms with Gasteiger partial charge < -0.3 is 34.3 Å². The van der Waals surface area contributed by atoms with Gasteiger partial charge in [0.25, 0.3) is 5.91 Å². The lowest BCUT2D eigenvalue weighted by Gasteiger charge is -2.22. The van der Waals surface area contributed by atoms with Crippen molar-refractivity contribution in [2.24, 2.45) is 0 Å². The first-order chi connectivity index (χ1) is 21.1. The topological polar surface area (TPSA) is 140 Å². The number of alkyl carbamates (subject to hydrolysis) is 1. The van der Waals surface area contributed by atoms with E-state index in [2.05, 4.69) is 21.7 Å². The molecule has 2 atom stereocenters. The number of carbonyl (C=O) groups excluding carboxylic acids is 2. The van der Waals surface area contributed by atoms with Crippen molar-refractivity contribution in [3.8, 4) is 12.3 Å². The van der Waals surface area contributed by atoms with E-state index in [0.717, 1.165) is 18.5 Å². The molecular weight excluding hydrogens is 568 g/mol. The van der Waals surface area contributed by atoms with E-state index in [1.54, 1.807) is 16.9 Å². The summed E-state index contributed by atoms with van der Waals surface area (Å²) in [5.41, 5.74) is 0.920. The normalized spacial score (nSPS) is 16.7. The largest absolute Gasteiger partial charge is 0.446 e. The molecule has 44 heavy (non-hydrogen) atoms. The molecule has 3 rings (SSSR count). The maximum atomic E-state index is 13.3. The number of hydrogen-bond donors (Lipinski definition) is 2. The number of carbonyl (C=O) groups is 2. The van der Waals surface area contributed by atoms with Gasteiger partial charge in [0.05, 0.1) is 64.0 Å². The average Bonchev–Trinajstić information content (AvgIpc) is 3.70. The molecular formula is C31H48N6O7. The number of hydrogen-bond acceptors (Lipinski definition) is 9. The molecule has 2 aromatic rings. The molecule has 2 amide bonds. The molecule has 2 N–H and O–H groups in total. The molecule has 1 saturated carbocycles. The van der Waals surface area contributed by atoms with Crippen LogP contribution in [0.3, 0.4) is 0 Å². The Balaban J connectivity index is 1.46. The molecule has 0 radical (unpaired) electrons. The Morgan fingerprint density at radius 3 is 2.34 bits per heavy atom. The van der Waals surface area contributed by atoms with Crippen molar-refractivity contribution in [3.63, 3.8) is 0 Å². The van der Waals surface area contributed by atoms with Crippen molar-refractivity contribution in [3.05, 3.63) is 29.7 Å². The number of terminal acetylenes is 1. The van der Waals surface area contributed by atoms with Crippen molar-refractivity contribution in [1.82, 2.24) is 24.9 Å². The zero-order valence-corrected chi connectivity index (χ0v) is 26.7. The summed E-state index contributed by atoms with van der Waals surface area (Å²) in [6.45, 7) is 13.7. The SMILES string of the molecule is C#CCOCCOCCOCCOCCn1nccc1C(=O)Nc1cc([C@H]2CC[C@@H](OC(=O)NC(C)C)C2)nn1C(C)(C)C. The molecule has 0 aromatic carbocycles. The molecule has 1 aliphatic rings. The van der Waals surface area contributed by atoms with Crippen LogP contribution in [0.15, 0.2) is 18.3 Å². The molecule has 2 heterocycles. The second-order valence-corrected chi connectivity index (χ2v) is 11.9. The van der Waals surface area contributed by atoms with E-state index in [0.29, 0.717) is 70.7 Å². The van der Waals surface area contributed by atoms with Gasteiger partial charge in [-0.1, -0.05) is 5.92 Å². The summed E-state index contributed by atoms with van der Waals surface area (Å²) in [5.74, 6) is 2.84. The molecule has 13 heteroatoms. The molecule has 13 nitrogen and oxygen atoms in total. The van der Waals surface area contributed by atoms with E-state index >= 15 is 0 Å². The Labute approximate surface area is 260 Å². The Kier molecular flexibility index (Phi) is 14.1. The van der Waals surface area contributed by atoms with Gasteiger partial charge in [0.2, 0.25) is 0 Å². The van der Waals surface area contributed by atoms with Gasteiger partial charge in [-0.05, 0) is 59.9 Å². The van der Waals surface area contributed by atoms with Gasteiger partial charge in [-0.15, -0.1) is 6.42 Å². The molecule has 0 bridgehead atoms.